The molecule has 4 aromatic rings. The number of carbonyl (C=O) groups excluding carboxylic acids is 1. The van der Waals surface area contributed by atoms with Crippen LogP contribution >= 0.6 is 0 Å². The number of aromatic nitrogens is 2. The van der Waals surface area contributed by atoms with Crippen molar-refractivity contribution in [1.82, 2.24) is 9.97 Å². The first-order valence-corrected chi connectivity index (χ1v) is 14.6. The molecule has 11 nitrogen and oxygen atoms in total. The van der Waals surface area contributed by atoms with Gasteiger partial charge in [0.1, 0.15) is 5.75 Å². The fraction of sp³-hybridized carbons (Fsp3) is 0.115. The van der Waals surface area contributed by atoms with Crippen LogP contribution in [0.15, 0.2) is 101 Å². The number of ether oxygens (including phenoxy) is 1. The smallest absolute Gasteiger partial charge is 0.267 e. The molecule has 1 aliphatic rings. The first-order chi connectivity index (χ1) is 18.6. The maximum atomic E-state index is 13.5. The molecule has 1 aromatic heterocycles. The molecule has 1 aliphatic heterocycles. The number of amides is 1. The maximum Gasteiger partial charge on any atom is 0.267 e. The van der Waals surface area contributed by atoms with Crippen molar-refractivity contribution in [3.05, 3.63) is 96.8 Å². The van der Waals surface area contributed by atoms with Crippen molar-refractivity contribution in [2.45, 2.75) is 22.8 Å². The molecule has 0 saturated heterocycles. The molecule has 1 amide bonds. The summed E-state index contributed by atoms with van der Waals surface area (Å²) in [4.78, 5) is 20.9. The Bertz CT molecular complexity index is 1710. The first kappa shape index (κ1) is 26.1. The summed E-state index contributed by atoms with van der Waals surface area (Å²) in [6, 6.07) is 20.0. The molecule has 13 heteroatoms. The summed E-state index contributed by atoms with van der Waals surface area (Å²) in [6.45, 7) is 1.60. The predicted molar refractivity (Wildman–Crippen MR) is 144 cm³/mol. The van der Waals surface area contributed by atoms with Gasteiger partial charge in [-0.15, -0.1) is 0 Å². The van der Waals surface area contributed by atoms with E-state index in [2.05, 4.69) is 20.0 Å². The van der Waals surface area contributed by atoms with Crippen LogP contribution < -0.4 is 19.1 Å². The third-order valence-corrected chi connectivity index (χ3v) is 9.00. The summed E-state index contributed by atoms with van der Waals surface area (Å²) in [5.74, 6) is -0.426. The second-order valence-corrected chi connectivity index (χ2v) is 12.2. The Morgan fingerprint density at radius 1 is 0.872 bits per heavy atom. The number of para-hydroxylation sites is 2. The molecule has 0 bridgehead atoms. The lowest BCUT2D eigenvalue weighted by molar-refractivity contribution is -0.122. The third-order valence-electron chi connectivity index (χ3n) is 5.86. The van der Waals surface area contributed by atoms with Crippen LogP contribution in [0, 0.1) is 6.92 Å². The highest BCUT2D eigenvalue weighted by Gasteiger charge is 2.37. The Morgan fingerprint density at radius 3 is 2.21 bits per heavy atom. The number of aryl methyl sites for hydroxylation is 1. The van der Waals surface area contributed by atoms with Gasteiger partial charge in [0, 0.05) is 18.1 Å². The van der Waals surface area contributed by atoms with E-state index in [1.807, 2.05) is 6.92 Å². The van der Waals surface area contributed by atoms with Crippen LogP contribution in [0.1, 0.15) is 5.56 Å². The minimum atomic E-state index is -3.99. The molecule has 0 fully saturated rings. The van der Waals surface area contributed by atoms with E-state index < -0.39 is 32.1 Å². The van der Waals surface area contributed by atoms with Gasteiger partial charge in [0.15, 0.2) is 6.10 Å². The van der Waals surface area contributed by atoms with Crippen LogP contribution in [-0.2, 0) is 24.8 Å². The van der Waals surface area contributed by atoms with Crippen molar-refractivity contribution in [3.63, 3.8) is 0 Å². The van der Waals surface area contributed by atoms with Gasteiger partial charge < -0.3 is 10.1 Å². The maximum absolute atomic E-state index is 13.5. The van der Waals surface area contributed by atoms with Gasteiger partial charge in [-0.3, -0.25) is 9.10 Å². The number of carbonyl (C=O) groups is 1. The zero-order chi connectivity index (χ0) is 27.6. The molecular formula is C26H23N5O6S2. The van der Waals surface area contributed by atoms with Crippen LogP contribution in [-0.4, -0.2) is 45.4 Å². The van der Waals surface area contributed by atoms with Crippen molar-refractivity contribution in [3.8, 4) is 5.75 Å². The minimum absolute atomic E-state index is 0.0637. The van der Waals surface area contributed by atoms with Gasteiger partial charge >= 0.3 is 0 Å². The molecule has 5 rings (SSSR count). The molecule has 1 atom stereocenters. The largest absolute Gasteiger partial charge is 0.476 e. The van der Waals surface area contributed by atoms with Crippen molar-refractivity contribution in [1.29, 1.82) is 0 Å². The number of rotatable bonds is 7. The Labute approximate surface area is 225 Å². The summed E-state index contributed by atoms with van der Waals surface area (Å²) >= 11 is 0. The van der Waals surface area contributed by atoms with E-state index in [0.29, 0.717) is 11.4 Å². The second-order valence-electron chi connectivity index (χ2n) is 8.61. The number of hydrogen-bond acceptors (Lipinski definition) is 8. The quantitative estimate of drug-likeness (QED) is 0.347. The highest BCUT2D eigenvalue weighted by Crippen LogP contribution is 2.37. The minimum Gasteiger partial charge on any atom is -0.476 e. The zero-order valence-electron chi connectivity index (χ0n) is 20.6. The summed E-state index contributed by atoms with van der Waals surface area (Å²) in [5, 5.41) is 2.66. The first-order valence-electron chi connectivity index (χ1n) is 11.7. The number of benzene rings is 3. The fourth-order valence-corrected chi connectivity index (χ4v) is 6.31. The van der Waals surface area contributed by atoms with Gasteiger partial charge in [0.05, 0.1) is 22.0 Å². The molecule has 0 saturated carbocycles. The molecule has 2 N–H and O–H groups in total. The number of fused-ring (bicyclic) bond motifs is 1. The van der Waals surface area contributed by atoms with Crippen LogP contribution in [0.4, 0.5) is 17.3 Å². The monoisotopic (exact) mass is 565 g/mol. The van der Waals surface area contributed by atoms with Crippen LogP contribution in [0.3, 0.4) is 0 Å². The van der Waals surface area contributed by atoms with Gasteiger partial charge in [0.2, 0.25) is 5.95 Å². The number of hydrogen-bond donors (Lipinski definition) is 2. The lowest BCUT2D eigenvalue weighted by Gasteiger charge is -2.34. The van der Waals surface area contributed by atoms with Gasteiger partial charge in [-0.2, -0.15) is 0 Å². The molecule has 3 aromatic carbocycles. The molecular weight excluding hydrogens is 542 g/mol. The Balaban J connectivity index is 1.34. The predicted octanol–water partition coefficient (Wildman–Crippen LogP) is 3.18. The highest BCUT2D eigenvalue weighted by atomic mass is 32.2. The van der Waals surface area contributed by atoms with E-state index >= 15 is 0 Å². The topological polar surface area (TPSA) is 148 Å². The Hall–Kier alpha value is -4.49. The molecule has 2 heterocycles. The van der Waals surface area contributed by atoms with Gasteiger partial charge in [0.25, 0.3) is 26.0 Å². The van der Waals surface area contributed by atoms with E-state index in [4.69, 9.17) is 4.74 Å². The van der Waals surface area contributed by atoms with E-state index in [1.165, 1.54) is 48.8 Å². The number of nitrogens with one attached hydrogen (secondary N) is 2. The Kier molecular flexibility index (Phi) is 6.93. The van der Waals surface area contributed by atoms with Crippen molar-refractivity contribution < 1.29 is 26.4 Å². The molecule has 39 heavy (non-hydrogen) atoms. The van der Waals surface area contributed by atoms with E-state index in [0.717, 1.165) is 9.87 Å². The number of nitrogens with zero attached hydrogens (tertiary/aromatic N) is 3. The van der Waals surface area contributed by atoms with E-state index in [-0.39, 0.29) is 28.0 Å². The average molecular weight is 566 g/mol. The standard InChI is InChI=1S/C26H23N5O6S2/c1-18-7-11-21(12-8-18)39(35,36)31-17-24(37-23-6-3-2-5-22(23)31)25(32)29-19-9-13-20(14-10-19)38(33,34)30-26-27-15-4-16-28-26/h2-16,24H,17H2,1H3,(H,29,32)(H,27,28,30)/t24-/m0/s1. The van der Waals surface area contributed by atoms with Crippen LogP contribution in [0.5, 0.6) is 5.75 Å². The summed E-state index contributed by atoms with van der Waals surface area (Å²) in [5.41, 5.74) is 1.54. The molecule has 0 spiro atoms. The van der Waals surface area contributed by atoms with Crippen molar-refractivity contribution in [2.24, 2.45) is 0 Å². The number of sulfonamides is 2. The molecule has 0 radical (unpaired) electrons. The van der Waals surface area contributed by atoms with E-state index in [9.17, 15) is 21.6 Å². The number of anilines is 3. The Morgan fingerprint density at radius 2 is 1.51 bits per heavy atom. The van der Waals surface area contributed by atoms with Crippen LogP contribution in [0.2, 0.25) is 0 Å². The van der Waals surface area contributed by atoms with Crippen molar-refractivity contribution >= 4 is 43.3 Å². The van der Waals surface area contributed by atoms with Gasteiger partial charge in [-0.1, -0.05) is 29.8 Å². The van der Waals surface area contributed by atoms with E-state index in [1.54, 1.807) is 42.5 Å². The highest BCUT2D eigenvalue weighted by molar-refractivity contribution is 7.93. The van der Waals surface area contributed by atoms with Gasteiger partial charge in [-0.25, -0.2) is 31.5 Å². The summed E-state index contributed by atoms with van der Waals surface area (Å²) in [6.07, 6.45) is 1.64. The lowest BCUT2D eigenvalue weighted by atomic mass is 10.2. The second kappa shape index (κ2) is 10.3. The van der Waals surface area contributed by atoms with Gasteiger partial charge in [-0.05, 0) is 61.5 Å². The normalized spacial score (nSPS) is 15.1. The zero-order valence-corrected chi connectivity index (χ0v) is 22.2. The SMILES string of the molecule is Cc1ccc(S(=O)(=O)N2C[C@@H](C(=O)Nc3ccc(S(=O)(=O)Nc4ncccn4)cc3)Oc3ccccc32)cc1. The average Bonchev–Trinajstić information content (AvgIpc) is 2.93. The van der Waals surface area contributed by atoms with Crippen molar-refractivity contribution in [2.75, 3.05) is 20.9 Å². The third kappa shape index (κ3) is 5.54. The summed E-state index contributed by atoms with van der Waals surface area (Å²) < 4.78 is 61.5. The molecule has 0 aliphatic carbocycles. The fourth-order valence-electron chi connectivity index (χ4n) is 3.87. The molecule has 200 valence electrons. The lowest BCUT2D eigenvalue weighted by Crippen LogP contribution is -2.48. The molecule has 0 unspecified atom stereocenters. The summed E-state index contributed by atoms with van der Waals surface area (Å²) in [7, 11) is -7.94. The van der Waals surface area contributed by atoms with Crippen LogP contribution in [0.25, 0.3) is 0 Å².